The van der Waals surface area contributed by atoms with Crippen molar-refractivity contribution in [3.05, 3.63) is 71.5 Å². The minimum absolute atomic E-state index is 0.154. The minimum atomic E-state index is -0.154. The molecule has 0 aliphatic heterocycles. The molecule has 1 atom stereocenters. The van der Waals surface area contributed by atoms with E-state index in [4.69, 9.17) is 11.6 Å². The molecule has 2 aromatic carbocycles. The highest BCUT2D eigenvalue weighted by atomic mass is 35.5. The Labute approximate surface area is 106 Å². The Morgan fingerprint density at radius 3 is 2.24 bits per heavy atom. The van der Waals surface area contributed by atoms with Crippen LogP contribution in [0.25, 0.3) is 0 Å². The Kier molecular flexibility index (Phi) is 4.16. The molecule has 0 N–H and O–H groups in total. The van der Waals surface area contributed by atoms with Gasteiger partial charge < -0.3 is 0 Å². The lowest BCUT2D eigenvalue weighted by molar-refractivity contribution is 0.598. The third kappa shape index (κ3) is 3.07. The van der Waals surface area contributed by atoms with Crippen molar-refractivity contribution >= 4 is 11.6 Å². The maximum absolute atomic E-state index is 13.6. The highest BCUT2D eigenvalue weighted by Gasteiger charge is 2.12. The molecule has 17 heavy (non-hydrogen) atoms. The van der Waals surface area contributed by atoms with Gasteiger partial charge in [0.25, 0.3) is 0 Å². The van der Waals surface area contributed by atoms with Crippen LogP contribution in [0, 0.1) is 5.82 Å². The Morgan fingerprint density at radius 2 is 1.59 bits per heavy atom. The third-order valence-corrected chi connectivity index (χ3v) is 3.25. The third-order valence-electron chi connectivity index (χ3n) is 2.88. The van der Waals surface area contributed by atoms with Crippen LogP contribution in [0.2, 0.25) is 0 Å². The van der Waals surface area contributed by atoms with Gasteiger partial charge in [-0.15, -0.1) is 11.6 Å². The standard InChI is InChI=1S/C15H14ClF/c16-11-14(12-6-2-1-3-7-12)10-13-8-4-5-9-15(13)17/h1-9,14H,10-11H2. The summed E-state index contributed by atoms with van der Waals surface area (Å²) in [5.74, 6) is 0.506. The first-order valence-electron chi connectivity index (χ1n) is 5.65. The number of alkyl halides is 1. The van der Waals surface area contributed by atoms with Crippen LogP contribution in [0.1, 0.15) is 17.0 Å². The van der Waals surface area contributed by atoms with E-state index in [9.17, 15) is 4.39 Å². The molecule has 0 bridgehead atoms. The topological polar surface area (TPSA) is 0 Å². The Balaban J connectivity index is 2.19. The van der Waals surface area contributed by atoms with E-state index in [0.29, 0.717) is 12.3 Å². The van der Waals surface area contributed by atoms with Gasteiger partial charge in [-0.1, -0.05) is 48.5 Å². The van der Waals surface area contributed by atoms with Gasteiger partial charge >= 0.3 is 0 Å². The van der Waals surface area contributed by atoms with Gasteiger partial charge in [0.2, 0.25) is 0 Å². The normalized spacial score (nSPS) is 12.4. The Hall–Kier alpha value is -1.34. The van der Waals surface area contributed by atoms with E-state index in [-0.39, 0.29) is 11.7 Å². The second kappa shape index (κ2) is 5.83. The highest BCUT2D eigenvalue weighted by molar-refractivity contribution is 6.18. The predicted molar refractivity (Wildman–Crippen MR) is 70.0 cm³/mol. The average molecular weight is 249 g/mol. The lowest BCUT2D eigenvalue weighted by Gasteiger charge is -2.14. The van der Waals surface area contributed by atoms with Crippen LogP contribution in [0.4, 0.5) is 4.39 Å². The van der Waals surface area contributed by atoms with E-state index in [2.05, 4.69) is 0 Å². The molecular weight excluding hydrogens is 235 g/mol. The van der Waals surface area contributed by atoms with Crippen LogP contribution >= 0.6 is 11.6 Å². The summed E-state index contributed by atoms with van der Waals surface area (Å²) in [4.78, 5) is 0. The highest BCUT2D eigenvalue weighted by Crippen LogP contribution is 2.23. The summed E-state index contributed by atoms with van der Waals surface area (Å²) < 4.78 is 13.6. The fourth-order valence-electron chi connectivity index (χ4n) is 1.92. The largest absolute Gasteiger partial charge is 0.207 e. The molecule has 2 aromatic rings. The second-order valence-electron chi connectivity index (χ2n) is 4.06. The molecule has 0 amide bonds. The predicted octanol–water partition coefficient (Wildman–Crippen LogP) is 4.39. The molecule has 0 aliphatic rings. The fourth-order valence-corrected chi connectivity index (χ4v) is 2.20. The summed E-state index contributed by atoms with van der Waals surface area (Å²) in [5.41, 5.74) is 1.88. The van der Waals surface area contributed by atoms with Crippen molar-refractivity contribution in [1.82, 2.24) is 0 Å². The van der Waals surface area contributed by atoms with Crippen LogP contribution in [-0.4, -0.2) is 5.88 Å². The van der Waals surface area contributed by atoms with Gasteiger partial charge in [0, 0.05) is 11.8 Å². The molecule has 0 spiro atoms. The van der Waals surface area contributed by atoms with E-state index >= 15 is 0 Å². The fraction of sp³-hybridized carbons (Fsp3) is 0.200. The van der Waals surface area contributed by atoms with Gasteiger partial charge in [0.1, 0.15) is 5.82 Å². The summed E-state index contributed by atoms with van der Waals surface area (Å²) in [6, 6.07) is 16.9. The van der Waals surface area contributed by atoms with Gasteiger partial charge in [-0.3, -0.25) is 0 Å². The zero-order valence-electron chi connectivity index (χ0n) is 9.44. The number of hydrogen-bond acceptors (Lipinski definition) is 0. The molecule has 0 saturated carbocycles. The molecule has 0 fully saturated rings. The second-order valence-corrected chi connectivity index (χ2v) is 4.37. The molecule has 0 heterocycles. The molecule has 2 heteroatoms. The van der Waals surface area contributed by atoms with Crippen LogP contribution in [0.15, 0.2) is 54.6 Å². The lowest BCUT2D eigenvalue weighted by Crippen LogP contribution is -2.05. The van der Waals surface area contributed by atoms with Gasteiger partial charge in [0.05, 0.1) is 0 Å². The zero-order chi connectivity index (χ0) is 12.1. The van der Waals surface area contributed by atoms with Crippen molar-refractivity contribution < 1.29 is 4.39 Å². The molecular formula is C15H14ClF. The van der Waals surface area contributed by atoms with E-state index in [1.54, 1.807) is 6.07 Å². The summed E-state index contributed by atoms with van der Waals surface area (Å²) >= 11 is 5.98. The molecule has 0 radical (unpaired) electrons. The number of rotatable bonds is 4. The first-order chi connectivity index (χ1) is 8.31. The smallest absolute Gasteiger partial charge is 0.126 e. The lowest BCUT2D eigenvalue weighted by atomic mass is 9.93. The van der Waals surface area contributed by atoms with E-state index in [1.807, 2.05) is 42.5 Å². The minimum Gasteiger partial charge on any atom is -0.207 e. The number of benzene rings is 2. The quantitative estimate of drug-likeness (QED) is 0.704. The Morgan fingerprint density at radius 1 is 0.941 bits per heavy atom. The Bertz CT molecular complexity index is 467. The van der Waals surface area contributed by atoms with Crippen LogP contribution in [0.3, 0.4) is 0 Å². The van der Waals surface area contributed by atoms with Crippen molar-refractivity contribution in [2.45, 2.75) is 12.3 Å². The number of hydrogen-bond donors (Lipinski definition) is 0. The SMILES string of the molecule is Fc1ccccc1CC(CCl)c1ccccc1. The van der Waals surface area contributed by atoms with Crippen molar-refractivity contribution in [2.75, 3.05) is 5.88 Å². The monoisotopic (exact) mass is 248 g/mol. The van der Waals surface area contributed by atoms with Crippen LogP contribution in [-0.2, 0) is 6.42 Å². The molecule has 0 saturated heterocycles. The molecule has 2 rings (SSSR count). The number of halogens is 2. The van der Waals surface area contributed by atoms with E-state index < -0.39 is 0 Å². The zero-order valence-corrected chi connectivity index (χ0v) is 10.2. The van der Waals surface area contributed by atoms with E-state index in [1.165, 1.54) is 6.07 Å². The summed E-state index contributed by atoms with van der Waals surface area (Å²) in [7, 11) is 0. The van der Waals surface area contributed by atoms with Gasteiger partial charge in [-0.05, 0) is 23.6 Å². The first-order valence-corrected chi connectivity index (χ1v) is 6.19. The first kappa shape index (κ1) is 12.1. The van der Waals surface area contributed by atoms with Crippen molar-refractivity contribution in [3.8, 4) is 0 Å². The molecule has 0 nitrogen and oxygen atoms in total. The molecule has 0 aliphatic carbocycles. The van der Waals surface area contributed by atoms with Crippen molar-refractivity contribution in [3.63, 3.8) is 0 Å². The van der Waals surface area contributed by atoms with Gasteiger partial charge in [-0.2, -0.15) is 0 Å². The molecule has 0 aromatic heterocycles. The summed E-state index contributed by atoms with van der Waals surface area (Å²) in [6.07, 6.45) is 0.639. The van der Waals surface area contributed by atoms with E-state index in [0.717, 1.165) is 11.1 Å². The average Bonchev–Trinajstić information content (AvgIpc) is 2.39. The van der Waals surface area contributed by atoms with Crippen LogP contribution < -0.4 is 0 Å². The molecule has 1 unspecified atom stereocenters. The van der Waals surface area contributed by atoms with Gasteiger partial charge in [0.15, 0.2) is 0 Å². The molecule has 88 valence electrons. The summed E-state index contributed by atoms with van der Waals surface area (Å²) in [6.45, 7) is 0. The van der Waals surface area contributed by atoms with Gasteiger partial charge in [-0.25, -0.2) is 4.39 Å². The maximum Gasteiger partial charge on any atom is 0.126 e. The summed E-state index contributed by atoms with van der Waals surface area (Å²) in [5, 5.41) is 0. The van der Waals surface area contributed by atoms with Crippen molar-refractivity contribution in [1.29, 1.82) is 0 Å². The van der Waals surface area contributed by atoms with Crippen LogP contribution in [0.5, 0.6) is 0 Å². The maximum atomic E-state index is 13.6. The van der Waals surface area contributed by atoms with Crippen molar-refractivity contribution in [2.24, 2.45) is 0 Å².